The zero-order valence-corrected chi connectivity index (χ0v) is 22.8. The van der Waals surface area contributed by atoms with Crippen LogP contribution in [-0.4, -0.2) is 66.0 Å². The number of hydrogen-bond donors (Lipinski definition) is 0. The van der Waals surface area contributed by atoms with Gasteiger partial charge < -0.3 is 28.5 Å². The Kier molecular flexibility index (Phi) is 6.16. The van der Waals surface area contributed by atoms with Crippen molar-refractivity contribution in [2.45, 2.75) is 37.8 Å². The van der Waals surface area contributed by atoms with Crippen molar-refractivity contribution in [3.05, 3.63) is 83.2 Å². The van der Waals surface area contributed by atoms with E-state index in [1.54, 1.807) is 13.4 Å². The van der Waals surface area contributed by atoms with Crippen molar-refractivity contribution in [3.8, 4) is 11.4 Å². The maximum absolute atomic E-state index is 14.0. The molecule has 0 amide bonds. The van der Waals surface area contributed by atoms with Gasteiger partial charge in [0.25, 0.3) is 0 Å². The number of fused-ring (bicyclic) bond motifs is 1. The molecular formula is C31H33FN4O4. The first-order valence-corrected chi connectivity index (χ1v) is 13.8. The summed E-state index contributed by atoms with van der Waals surface area (Å²) in [6, 6.07) is 12.9. The Morgan fingerprint density at radius 3 is 2.55 bits per heavy atom. The van der Waals surface area contributed by atoms with Crippen molar-refractivity contribution in [2.75, 3.05) is 40.1 Å². The van der Waals surface area contributed by atoms with E-state index < -0.39 is 5.60 Å². The van der Waals surface area contributed by atoms with Crippen LogP contribution in [0.5, 0.6) is 5.75 Å². The first-order chi connectivity index (χ1) is 19.5. The van der Waals surface area contributed by atoms with E-state index in [0.29, 0.717) is 26.4 Å². The van der Waals surface area contributed by atoms with Gasteiger partial charge >= 0.3 is 0 Å². The molecule has 0 saturated carbocycles. The third kappa shape index (κ3) is 4.28. The minimum atomic E-state index is -0.540. The molecule has 8 nitrogen and oxygen atoms in total. The van der Waals surface area contributed by atoms with Crippen LogP contribution >= 0.6 is 0 Å². The molecule has 9 heteroatoms. The van der Waals surface area contributed by atoms with Gasteiger partial charge in [-0.3, -0.25) is 0 Å². The molecule has 1 unspecified atom stereocenters. The smallest absolute Gasteiger partial charge is 0.172 e. The van der Waals surface area contributed by atoms with Crippen molar-refractivity contribution in [2.24, 2.45) is 10.6 Å². The van der Waals surface area contributed by atoms with Crippen molar-refractivity contribution >= 4 is 11.9 Å². The number of aryl methyl sites for hydroxylation is 1. The summed E-state index contributed by atoms with van der Waals surface area (Å²) in [5.74, 6) is 1.34. The summed E-state index contributed by atoms with van der Waals surface area (Å²) in [5.41, 5.74) is 4.45. The van der Waals surface area contributed by atoms with E-state index in [9.17, 15) is 4.39 Å². The predicted octanol–water partition coefficient (Wildman–Crippen LogP) is 5.07. The lowest BCUT2D eigenvalue weighted by Crippen LogP contribution is -2.63. The van der Waals surface area contributed by atoms with E-state index in [0.717, 1.165) is 65.5 Å². The lowest BCUT2D eigenvalue weighted by atomic mass is 9.72. The fraction of sp³-hybridized carbons (Fsp3) is 0.419. The fourth-order valence-corrected chi connectivity index (χ4v) is 6.61. The number of nitrogens with zero attached hydrogens (tertiary/aromatic N) is 4. The van der Waals surface area contributed by atoms with E-state index in [1.165, 1.54) is 12.1 Å². The lowest BCUT2D eigenvalue weighted by molar-refractivity contribution is -0.181. The van der Waals surface area contributed by atoms with Crippen LogP contribution < -0.4 is 4.74 Å². The number of rotatable bonds is 4. The van der Waals surface area contributed by atoms with Gasteiger partial charge in [0.15, 0.2) is 11.4 Å². The van der Waals surface area contributed by atoms with Gasteiger partial charge in [0.2, 0.25) is 0 Å². The summed E-state index contributed by atoms with van der Waals surface area (Å²) in [6.07, 6.45) is 8.23. The highest BCUT2D eigenvalue weighted by Crippen LogP contribution is 2.51. The van der Waals surface area contributed by atoms with E-state index in [2.05, 4.69) is 22.0 Å². The number of hydrogen-bond acceptors (Lipinski definition) is 7. The van der Waals surface area contributed by atoms with Crippen LogP contribution in [0.25, 0.3) is 11.8 Å². The summed E-state index contributed by atoms with van der Waals surface area (Å²) >= 11 is 0. The van der Waals surface area contributed by atoms with Crippen LogP contribution in [0.2, 0.25) is 0 Å². The molecule has 0 N–H and O–H groups in total. The Balaban J connectivity index is 1.31. The van der Waals surface area contributed by atoms with Gasteiger partial charge in [-0.2, -0.15) is 0 Å². The van der Waals surface area contributed by atoms with E-state index >= 15 is 0 Å². The maximum atomic E-state index is 14.0. The molecule has 0 aliphatic carbocycles. The van der Waals surface area contributed by atoms with Crippen molar-refractivity contribution in [3.63, 3.8) is 0 Å². The molecule has 2 aromatic carbocycles. The van der Waals surface area contributed by atoms with Crippen LogP contribution in [-0.2, 0) is 14.3 Å². The standard InChI is InChI=1S/C31H33FN4O4/c1-21-16-35(20-33-21)26-8-3-22(14-27(26)37-2)13-24-15-30(18-39-19-30)17-36-28(23-4-6-25(32)7-5-23)31(40-34-29(24)36)9-11-38-12-10-31/h3-8,13-14,16,20,28H,9-12,15,17-19H2,1-2H3/b24-13+. The molecule has 4 aliphatic rings. The molecule has 3 aromatic rings. The first-order valence-electron chi connectivity index (χ1n) is 13.8. The molecule has 0 radical (unpaired) electrons. The number of oxime groups is 1. The zero-order valence-electron chi connectivity index (χ0n) is 22.8. The summed E-state index contributed by atoms with van der Waals surface area (Å²) in [6.45, 7) is 5.38. The summed E-state index contributed by atoms with van der Waals surface area (Å²) < 4.78 is 33.2. The lowest BCUT2D eigenvalue weighted by Gasteiger charge is -2.57. The number of amidine groups is 1. The number of methoxy groups -OCH3 is 1. The van der Waals surface area contributed by atoms with Gasteiger partial charge in [0, 0.05) is 31.0 Å². The number of benzene rings is 2. The Labute approximate surface area is 233 Å². The molecule has 3 saturated heterocycles. The number of piperidine rings is 1. The largest absolute Gasteiger partial charge is 0.495 e. The molecule has 3 fully saturated rings. The van der Waals surface area contributed by atoms with Crippen LogP contribution in [0.15, 0.2) is 65.7 Å². The van der Waals surface area contributed by atoms with Gasteiger partial charge in [-0.15, -0.1) is 0 Å². The second-order valence-corrected chi connectivity index (χ2v) is 11.5. The summed E-state index contributed by atoms with van der Waals surface area (Å²) in [4.78, 5) is 13.2. The van der Waals surface area contributed by atoms with Crippen LogP contribution in [0.3, 0.4) is 0 Å². The second kappa shape index (κ2) is 9.74. The molecule has 208 valence electrons. The Bertz CT molecular complexity index is 1470. The van der Waals surface area contributed by atoms with Gasteiger partial charge in [0.1, 0.15) is 11.6 Å². The van der Waals surface area contributed by atoms with Crippen LogP contribution in [0.4, 0.5) is 4.39 Å². The minimum Gasteiger partial charge on any atom is -0.495 e. The normalized spacial score (nSPS) is 23.9. The molecule has 2 spiro atoms. The van der Waals surface area contributed by atoms with Crippen molar-refractivity contribution in [1.29, 1.82) is 0 Å². The van der Waals surface area contributed by atoms with Gasteiger partial charge in [-0.1, -0.05) is 23.4 Å². The van der Waals surface area contributed by atoms with E-state index in [1.807, 2.05) is 42.0 Å². The highest BCUT2D eigenvalue weighted by molar-refractivity contribution is 6.03. The third-order valence-corrected chi connectivity index (χ3v) is 8.63. The minimum absolute atomic E-state index is 0.00874. The highest BCUT2D eigenvalue weighted by atomic mass is 19.1. The van der Waals surface area contributed by atoms with E-state index in [4.69, 9.17) is 24.2 Å². The predicted molar refractivity (Wildman–Crippen MR) is 148 cm³/mol. The molecule has 7 rings (SSSR count). The molecule has 5 heterocycles. The van der Waals surface area contributed by atoms with Crippen molar-refractivity contribution in [1.82, 2.24) is 14.5 Å². The number of halogens is 1. The average Bonchev–Trinajstić information content (AvgIpc) is 3.39. The van der Waals surface area contributed by atoms with Crippen LogP contribution in [0.1, 0.15) is 42.1 Å². The van der Waals surface area contributed by atoms with E-state index in [-0.39, 0.29) is 17.3 Å². The second-order valence-electron chi connectivity index (χ2n) is 11.5. The maximum Gasteiger partial charge on any atom is 0.172 e. The summed E-state index contributed by atoms with van der Waals surface area (Å²) in [5, 5.41) is 4.79. The molecule has 40 heavy (non-hydrogen) atoms. The molecule has 4 aliphatic heterocycles. The monoisotopic (exact) mass is 544 g/mol. The highest BCUT2D eigenvalue weighted by Gasteiger charge is 2.56. The quantitative estimate of drug-likeness (QED) is 0.457. The molecule has 0 bridgehead atoms. The Morgan fingerprint density at radius 2 is 1.88 bits per heavy atom. The fourth-order valence-electron chi connectivity index (χ4n) is 6.61. The number of imidazole rings is 1. The third-order valence-electron chi connectivity index (χ3n) is 8.63. The zero-order chi connectivity index (χ0) is 27.3. The molecular weight excluding hydrogens is 511 g/mol. The summed E-state index contributed by atoms with van der Waals surface area (Å²) in [7, 11) is 1.68. The number of ether oxygens (including phenoxy) is 3. The van der Waals surface area contributed by atoms with Gasteiger partial charge in [-0.05, 0) is 60.4 Å². The first kappa shape index (κ1) is 25.3. The number of aromatic nitrogens is 2. The topological polar surface area (TPSA) is 70.3 Å². The Hall–Kier alpha value is -3.69. The van der Waals surface area contributed by atoms with Gasteiger partial charge in [-0.25, -0.2) is 9.37 Å². The average molecular weight is 545 g/mol. The Morgan fingerprint density at radius 1 is 1.07 bits per heavy atom. The molecule has 1 atom stereocenters. The molecule has 1 aromatic heterocycles. The van der Waals surface area contributed by atoms with Gasteiger partial charge in [0.05, 0.1) is 57.3 Å². The SMILES string of the molecule is COc1cc(/C=C2\CC3(COC3)CN3C2=NOC2(CCOCC2)C3c2ccc(F)cc2)ccc1-n1cnc(C)c1. The van der Waals surface area contributed by atoms with Crippen molar-refractivity contribution < 1.29 is 23.4 Å². The van der Waals surface area contributed by atoms with Crippen LogP contribution in [0, 0.1) is 18.2 Å².